The van der Waals surface area contributed by atoms with E-state index in [1.54, 1.807) is 21.8 Å². The molecule has 3 rings (SSSR count). The maximum Gasteiger partial charge on any atom is 0.276 e. The van der Waals surface area contributed by atoms with Crippen molar-refractivity contribution in [3.8, 4) is 0 Å². The Labute approximate surface area is 136 Å². The van der Waals surface area contributed by atoms with Gasteiger partial charge in [-0.1, -0.05) is 5.16 Å². The molecule has 1 aliphatic heterocycles. The molecule has 2 aromatic heterocycles. The quantitative estimate of drug-likeness (QED) is 0.869. The zero-order valence-electron chi connectivity index (χ0n) is 11.2. The van der Waals surface area contributed by atoms with Gasteiger partial charge < -0.3 is 14.7 Å². The Hall–Kier alpha value is -1.38. The first-order valence-corrected chi connectivity index (χ1v) is 7.15. The second-order valence-electron chi connectivity index (χ2n) is 4.58. The number of nitrogens with zero attached hydrogens (tertiary/aromatic N) is 4. The zero-order chi connectivity index (χ0) is 13.9. The molecule has 1 aliphatic rings. The van der Waals surface area contributed by atoms with Crippen LogP contribution in [0, 0.1) is 0 Å². The van der Waals surface area contributed by atoms with Gasteiger partial charge >= 0.3 is 0 Å². The molecule has 0 saturated carbocycles. The summed E-state index contributed by atoms with van der Waals surface area (Å²) in [5, 5.41) is 11.2. The SMILES string of the molecule is Cl.O=C(c1cc(Cn2cc(Br)cn2)on1)N1CCNCC1. The Morgan fingerprint density at radius 1 is 1.43 bits per heavy atom. The van der Waals surface area contributed by atoms with Crippen molar-refractivity contribution in [3.05, 3.63) is 34.4 Å². The highest BCUT2D eigenvalue weighted by Crippen LogP contribution is 2.11. The highest BCUT2D eigenvalue weighted by Gasteiger charge is 2.21. The van der Waals surface area contributed by atoms with Crippen LogP contribution in [0.4, 0.5) is 0 Å². The van der Waals surface area contributed by atoms with E-state index in [2.05, 4.69) is 31.5 Å². The average Bonchev–Trinajstić information content (AvgIpc) is 3.09. The molecule has 0 spiro atoms. The summed E-state index contributed by atoms with van der Waals surface area (Å²) < 4.78 is 7.81. The summed E-state index contributed by atoms with van der Waals surface area (Å²) >= 11 is 3.33. The molecule has 0 atom stereocenters. The van der Waals surface area contributed by atoms with E-state index in [-0.39, 0.29) is 18.3 Å². The lowest BCUT2D eigenvalue weighted by Gasteiger charge is -2.26. The van der Waals surface area contributed by atoms with Crippen molar-refractivity contribution in [3.63, 3.8) is 0 Å². The number of piperazine rings is 1. The van der Waals surface area contributed by atoms with E-state index < -0.39 is 0 Å². The van der Waals surface area contributed by atoms with Gasteiger partial charge in [-0.15, -0.1) is 12.4 Å². The molecule has 0 radical (unpaired) electrons. The molecule has 0 aliphatic carbocycles. The molecule has 7 nitrogen and oxygen atoms in total. The van der Waals surface area contributed by atoms with Crippen LogP contribution in [0.5, 0.6) is 0 Å². The molecule has 1 saturated heterocycles. The number of rotatable bonds is 3. The minimum absolute atomic E-state index is 0. The van der Waals surface area contributed by atoms with Crippen molar-refractivity contribution in [2.24, 2.45) is 0 Å². The van der Waals surface area contributed by atoms with Crippen LogP contribution in [0.2, 0.25) is 0 Å². The minimum Gasteiger partial charge on any atom is -0.359 e. The first-order valence-electron chi connectivity index (χ1n) is 6.36. The summed E-state index contributed by atoms with van der Waals surface area (Å²) in [4.78, 5) is 14.0. The van der Waals surface area contributed by atoms with Crippen LogP contribution in [-0.4, -0.2) is 51.9 Å². The molecule has 0 bridgehead atoms. The van der Waals surface area contributed by atoms with E-state index in [0.29, 0.717) is 31.1 Å². The van der Waals surface area contributed by atoms with Crippen LogP contribution in [0.25, 0.3) is 0 Å². The van der Waals surface area contributed by atoms with Crippen molar-refractivity contribution in [1.82, 2.24) is 25.2 Å². The number of carbonyl (C=O) groups excluding carboxylic acids is 1. The summed E-state index contributed by atoms with van der Waals surface area (Å²) in [5.41, 5.74) is 0.355. The third-order valence-electron chi connectivity index (χ3n) is 3.10. The topological polar surface area (TPSA) is 76.2 Å². The van der Waals surface area contributed by atoms with Crippen LogP contribution < -0.4 is 5.32 Å². The van der Waals surface area contributed by atoms with Crippen LogP contribution in [0.3, 0.4) is 0 Å². The van der Waals surface area contributed by atoms with E-state index >= 15 is 0 Å². The molecule has 9 heteroatoms. The molecule has 1 fully saturated rings. The van der Waals surface area contributed by atoms with Crippen LogP contribution in [-0.2, 0) is 6.54 Å². The molecular weight excluding hydrogens is 362 g/mol. The molecule has 114 valence electrons. The van der Waals surface area contributed by atoms with Gasteiger partial charge in [0.15, 0.2) is 11.5 Å². The molecule has 0 unspecified atom stereocenters. The maximum absolute atomic E-state index is 12.2. The molecule has 1 amide bonds. The van der Waals surface area contributed by atoms with Gasteiger partial charge in [-0.3, -0.25) is 9.48 Å². The lowest BCUT2D eigenvalue weighted by atomic mass is 10.3. The smallest absolute Gasteiger partial charge is 0.276 e. The summed E-state index contributed by atoms with van der Waals surface area (Å²) in [7, 11) is 0. The van der Waals surface area contributed by atoms with Crippen molar-refractivity contribution >= 4 is 34.2 Å². The summed E-state index contributed by atoms with van der Waals surface area (Å²) in [5.74, 6) is 0.530. The monoisotopic (exact) mass is 375 g/mol. The third-order valence-corrected chi connectivity index (χ3v) is 3.51. The first-order chi connectivity index (χ1) is 9.72. The van der Waals surface area contributed by atoms with Crippen molar-refractivity contribution < 1.29 is 9.32 Å². The lowest BCUT2D eigenvalue weighted by molar-refractivity contribution is 0.0725. The summed E-state index contributed by atoms with van der Waals surface area (Å²) in [6, 6.07) is 1.68. The molecule has 21 heavy (non-hydrogen) atoms. The van der Waals surface area contributed by atoms with E-state index in [4.69, 9.17) is 4.52 Å². The Balaban J connectivity index is 0.00000161. The van der Waals surface area contributed by atoms with E-state index in [1.807, 2.05) is 6.20 Å². The number of halogens is 2. The number of amides is 1. The first kappa shape index (κ1) is 16.0. The van der Waals surface area contributed by atoms with Gasteiger partial charge in [0.05, 0.1) is 10.7 Å². The second kappa shape index (κ2) is 7.06. The van der Waals surface area contributed by atoms with Crippen molar-refractivity contribution in [2.45, 2.75) is 6.54 Å². The number of nitrogens with one attached hydrogen (secondary N) is 1. The van der Waals surface area contributed by atoms with Gasteiger partial charge in [0, 0.05) is 38.4 Å². The van der Waals surface area contributed by atoms with E-state index in [1.165, 1.54) is 0 Å². The Morgan fingerprint density at radius 2 is 2.19 bits per heavy atom. The second-order valence-corrected chi connectivity index (χ2v) is 5.49. The van der Waals surface area contributed by atoms with Gasteiger partial charge in [-0.25, -0.2) is 0 Å². The lowest BCUT2D eigenvalue weighted by Crippen LogP contribution is -2.46. The van der Waals surface area contributed by atoms with Gasteiger partial charge in [0.25, 0.3) is 5.91 Å². The normalized spacial score (nSPS) is 14.8. The fraction of sp³-hybridized carbons (Fsp3) is 0.417. The number of aromatic nitrogens is 3. The third kappa shape index (κ3) is 3.84. The van der Waals surface area contributed by atoms with Crippen LogP contribution >= 0.6 is 28.3 Å². The maximum atomic E-state index is 12.2. The van der Waals surface area contributed by atoms with Crippen molar-refractivity contribution in [2.75, 3.05) is 26.2 Å². The molecule has 2 aromatic rings. The minimum atomic E-state index is -0.0804. The number of hydrogen-bond donors (Lipinski definition) is 1. The number of hydrogen-bond acceptors (Lipinski definition) is 5. The van der Waals surface area contributed by atoms with Gasteiger partial charge in [0.1, 0.15) is 6.54 Å². The van der Waals surface area contributed by atoms with E-state index in [9.17, 15) is 4.79 Å². The van der Waals surface area contributed by atoms with Gasteiger partial charge in [0.2, 0.25) is 0 Å². The Morgan fingerprint density at radius 3 is 2.86 bits per heavy atom. The molecule has 3 heterocycles. The molecular formula is C12H15BrClN5O2. The Bertz CT molecular complexity index is 608. The predicted molar refractivity (Wildman–Crippen MR) is 81.6 cm³/mol. The standard InChI is InChI=1S/C12H14BrN5O2.ClH/c13-9-6-15-18(7-9)8-10-5-11(16-20-10)12(19)17-3-1-14-2-4-17;/h5-7,14H,1-4,8H2;1H. The van der Waals surface area contributed by atoms with Crippen LogP contribution in [0.15, 0.2) is 27.5 Å². The highest BCUT2D eigenvalue weighted by atomic mass is 79.9. The number of carbonyl (C=O) groups is 1. The zero-order valence-corrected chi connectivity index (χ0v) is 13.6. The fourth-order valence-electron chi connectivity index (χ4n) is 2.10. The van der Waals surface area contributed by atoms with Crippen molar-refractivity contribution in [1.29, 1.82) is 0 Å². The summed E-state index contributed by atoms with van der Waals surface area (Å²) in [6.07, 6.45) is 3.53. The van der Waals surface area contributed by atoms with Gasteiger partial charge in [-0.05, 0) is 15.9 Å². The predicted octanol–water partition coefficient (Wildman–Crippen LogP) is 1.15. The van der Waals surface area contributed by atoms with Gasteiger partial charge in [-0.2, -0.15) is 5.10 Å². The highest BCUT2D eigenvalue weighted by molar-refractivity contribution is 9.10. The van der Waals surface area contributed by atoms with Crippen LogP contribution in [0.1, 0.15) is 16.2 Å². The molecule has 1 N–H and O–H groups in total. The summed E-state index contributed by atoms with van der Waals surface area (Å²) in [6.45, 7) is 3.49. The average molecular weight is 377 g/mol. The molecule has 0 aromatic carbocycles. The fourth-order valence-corrected chi connectivity index (χ4v) is 2.43. The Kier molecular flexibility index (Phi) is 5.38. The largest absolute Gasteiger partial charge is 0.359 e. The van der Waals surface area contributed by atoms with E-state index in [0.717, 1.165) is 17.6 Å².